The normalized spacial score (nSPS) is 14.6. The summed E-state index contributed by atoms with van der Waals surface area (Å²) in [6.45, 7) is 2.09. The van der Waals surface area contributed by atoms with Gasteiger partial charge in [0, 0.05) is 30.4 Å². The number of benzene rings is 1. The van der Waals surface area contributed by atoms with Gasteiger partial charge in [-0.1, -0.05) is 23.2 Å². The highest BCUT2D eigenvalue weighted by molar-refractivity contribution is 6.35. The Bertz CT molecular complexity index is 633. The van der Waals surface area contributed by atoms with Crippen LogP contribution >= 0.6 is 23.2 Å². The van der Waals surface area contributed by atoms with Crippen molar-refractivity contribution in [3.05, 3.63) is 52.3 Å². The van der Waals surface area contributed by atoms with E-state index in [1.165, 1.54) is 0 Å². The molecule has 0 spiro atoms. The molecule has 3 rings (SSSR count). The minimum atomic E-state index is 0.242. The van der Waals surface area contributed by atoms with Crippen LogP contribution in [0.1, 0.15) is 5.69 Å². The summed E-state index contributed by atoms with van der Waals surface area (Å²) in [5.74, 6) is 1.38. The van der Waals surface area contributed by atoms with Crippen LogP contribution in [0.2, 0.25) is 10.0 Å². The number of pyridine rings is 1. The first kappa shape index (κ1) is 14.4. The molecule has 6 heteroatoms. The lowest BCUT2D eigenvalue weighted by Gasteiger charge is -2.27. The number of nitrogens with one attached hydrogen (secondary N) is 1. The second-order valence-electron chi connectivity index (χ2n) is 4.74. The number of nitrogens with zero attached hydrogens (tertiary/aromatic N) is 1. The maximum atomic E-state index is 6.06. The van der Waals surface area contributed by atoms with Gasteiger partial charge in [0.1, 0.15) is 24.2 Å². The third-order valence-corrected chi connectivity index (χ3v) is 3.63. The number of aromatic nitrogens is 1. The van der Waals surface area contributed by atoms with E-state index in [2.05, 4.69) is 10.3 Å². The quantitative estimate of drug-likeness (QED) is 0.916. The Morgan fingerprint density at radius 2 is 2.05 bits per heavy atom. The van der Waals surface area contributed by atoms with Gasteiger partial charge in [-0.2, -0.15) is 0 Å². The van der Waals surface area contributed by atoms with Crippen molar-refractivity contribution in [3.8, 4) is 11.5 Å². The van der Waals surface area contributed by atoms with Crippen molar-refractivity contribution in [2.45, 2.75) is 12.7 Å². The van der Waals surface area contributed by atoms with Crippen molar-refractivity contribution < 1.29 is 9.47 Å². The Hall–Kier alpha value is -1.49. The lowest BCUT2D eigenvalue weighted by molar-refractivity contribution is 0.141. The van der Waals surface area contributed by atoms with Crippen molar-refractivity contribution >= 4 is 23.2 Å². The Labute approximate surface area is 133 Å². The van der Waals surface area contributed by atoms with E-state index in [0.29, 0.717) is 22.4 Å². The third kappa shape index (κ3) is 3.79. The van der Waals surface area contributed by atoms with Crippen molar-refractivity contribution in [2.75, 3.05) is 13.1 Å². The van der Waals surface area contributed by atoms with E-state index in [4.69, 9.17) is 32.7 Å². The molecule has 1 aromatic carbocycles. The van der Waals surface area contributed by atoms with E-state index in [-0.39, 0.29) is 6.10 Å². The first-order valence-electron chi connectivity index (χ1n) is 6.61. The molecule has 0 aliphatic carbocycles. The minimum absolute atomic E-state index is 0.242. The molecule has 1 saturated heterocycles. The molecule has 1 fully saturated rings. The summed E-state index contributed by atoms with van der Waals surface area (Å²) < 4.78 is 11.4. The zero-order chi connectivity index (χ0) is 14.7. The Kier molecular flexibility index (Phi) is 4.48. The predicted molar refractivity (Wildman–Crippen MR) is 82.3 cm³/mol. The molecule has 0 bridgehead atoms. The van der Waals surface area contributed by atoms with Gasteiger partial charge in [-0.25, -0.2) is 0 Å². The molecule has 1 aliphatic rings. The van der Waals surface area contributed by atoms with Gasteiger partial charge in [0.15, 0.2) is 0 Å². The molecule has 0 saturated carbocycles. The lowest BCUT2D eigenvalue weighted by Crippen LogP contribution is -2.50. The average Bonchev–Trinajstić information content (AvgIpc) is 2.42. The first-order valence-corrected chi connectivity index (χ1v) is 7.36. The Morgan fingerprint density at radius 3 is 2.76 bits per heavy atom. The Morgan fingerprint density at radius 1 is 1.19 bits per heavy atom. The second kappa shape index (κ2) is 6.52. The van der Waals surface area contributed by atoms with Crippen LogP contribution < -0.4 is 14.8 Å². The lowest BCUT2D eigenvalue weighted by atomic mass is 10.2. The summed E-state index contributed by atoms with van der Waals surface area (Å²) in [7, 11) is 0. The zero-order valence-corrected chi connectivity index (χ0v) is 12.7. The molecule has 4 nitrogen and oxygen atoms in total. The van der Waals surface area contributed by atoms with Gasteiger partial charge in [-0.3, -0.25) is 4.98 Å². The molecule has 110 valence electrons. The molecule has 0 unspecified atom stereocenters. The van der Waals surface area contributed by atoms with Crippen LogP contribution in [0.3, 0.4) is 0 Å². The fourth-order valence-electron chi connectivity index (χ4n) is 1.89. The van der Waals surface area contributed by atoms with E-state index >= 15 is 0 Å². The molecule has 0 radical (unpaired) electrons. The number of rotatable bonds is 5. The number of hydrogen-bond acceptors (Lipinski definition) is 4. The highest BCUT2D eigenvalue weighted by Crippen LogP contribution is 2.28. The molecule has 1 aromatic heterocycles. The van der Waals surface area contributed by atoms with Crippen LogP contribution in [0.5, 0.6) is 11.5 Å². The summed E-state index contributed by atoms with van der Waals surface area (Å²) in [6, 6.07) is 8.85. The van der Waals surface area contributed by atoms with E-state index in [0.717, 1.165) is 24.5 Å². The van der Waals surface area contributed by atoms with E-state index in [1.807, 2.05) is 12.1 Å². The molecule has 2 heterocycles. The van der Waals surface area contributed by atoms with Gasteiger partial charge < -0.3 is 14.8 Å². The van der Waals surface area contributed by atoms with Gasteiger partial charge in [-0.15, -0.1) is 0 Å². The number of halogens is 2. The van der Waals surface area contributed by atoms with Crippen molar-refractivity contribution in [1.82, 2.24) is 10.3 Å². The van der Waals surface area contributed by atoms with Crippen molar-refractivity contribution in [3.63, 3.8) is 0 Å². The van der Waals surface area contributed by atoms with Gasteiger partial charge in [-0.05, 0) is 24.3 Å². The third-order valence-electron chi connectivity index (χ3n) is 3.10. The largest absolute Gasteiger partial charge is 0.488 e. The Balaban J connectivity index is 1.62. The van der Waals surface area contributed by atoms with Gasteiger partial charge in [0.05, 0.1) is 10.7 Å². The van der Waals surface area contributed by atoms with Crippen LogP contribution in [0, 0.1) is 0 Å². The molecule has 0 atom stereocenters. The molecule has 1 aliphatic heterocycles. The van der Waals surface area contributed by atoms with Crippen LogP contribution in [-0.2, 0) is 6.61 Å². The fourth-order valence-corrected chi connectivity index (χ4v) is 2.35. The van der Waals surface area contributed by atoms with Gasteiger partial charge in [0.25, 0.3) is 0 Å². The summed E-state index contributed by atoms with van der Waals surface area (Å²) in [4.78, 5) is 4.26. The van der Waals surface area contributed by atoms with Crippen LogP contribution in [0.15, 0.2) is 36.5 Å². The first-order chi connectivity index (χ1) is 10.2. The maximum Gasteiger partial charge on any atom is 0.138 e. The molecule has 0 amide bonds. The molecular weight excluding hydrogens is 311 g/mol. The average molecular weight is 325 g/mol. The second-order valence-corrected chi connectivity index (χ2v) is 5.59. The van der Waals surface area contributed by atoms with Crippen LogP contribution in [-0.4, -0.2) is 24.2 Å². The highest BCUT2D eigenvalue weighted by atomic mass is 35.5. The van der Waals surface area contributed by atoms with Crippen LogP contribution in [0.25, 0.3) is 0 Å². The summed E-state index contributed by atoms with van der Waals surface area (Å²) in [5.41, 5.74) is 0.783. The molecular formula is C15H14Cl2N2O2. The summed E-state index contributed by atoms with van der Waals surface area (Å²) in [6.07, 6.45) is 1.95. The molecule has 2 aromatic rings. The van der Waals surface area contributed by atoms with Gasteiger partial charge in [0.2, 0.25) is 0 Å². The standard InChI is InChI=1S/C15H14Cl2N2O2/c16-10-1-2-15(14(17)5-10)20-9-11-6-12(3-4-19-11)21-13-7-18-8-13/h1-6,13,18H,7-9H2. The van der Waals surface area contributed by atoms with E-state index < -0.39 is 0 Å². The zero-order valence-electron chi connectivity index (χ0n) is 11.2. The monoisotopic (exact) mass is 324 g/mol. The number of ether oxygens (including phenoxy) is 2. The maximum absolute atomic E-state index is 6.06. The summed E-state index contributed by atoms with van der Waals surface area (Å²) >= 11 is 11.9. The minimum Gasteiger partial charge on any atom is -0.488 e. The predicted octanol–water partition coefficient (Wildman–Crippen LogP) is 3.32. The van der Waals surface area contributed by atoms with Gasteiger partial charge >= 0.3 is 0 Å². The topological polar surface area (TPSA) is 43.4 Å². The smallest absolute Gasteiger partial charge is 0.138 e. The van der Waals surface area contributed by atoms with Crippen molar-refractivity contribution in [1.29, 1.82) is 0 Å². The highest BCUT2D eigenvalue weighted by Gasteiger charge is 2.18. The van der Waals surface area contributed by atoms with E-state index in [1.54, 1.807) is 24.4 Å². The fraction of sp³-hybridized carbons (Fsp3) is 0.267. The van der Waals surface area contributed by atoms with Crippen molar-refractivity contribution in [2.24, 2.45) is 0 Å². The number of hydrogen-bond donors (Lipinski definition) is 1. The van der Waals surface area contributed by atoms with E-state index in [9.17, 15) is 0 Å². The summed E-state index contributed by atoms with van der Waals surface area (Å²) in [5, 5.41) is 4.22. The molecule has 1 N–H and O–H groups in total. The van der Waals surface area contributed by atoms with Crippen LogP contribution in [0.4, 0.5) is 0 Å². The SMILES string of the molecule is Clc1ccc(OCc2cc(OC3CNC3)ccn2)c(Cl)c1. The molecule has 21 heavy (non-hydrogen) atoms.